The van der Waals surface area contributed by atoms with Gasteiger partial charge >= 0.3 is 6.03 Å². The number of benzene rings is 1. The van der Waals surface area contributed by atoms with Crippen molar-refractivity contribution < 1.29 is 14.4 Å². The highest BCUT2D eigenvalue weighted by atomic mass is 35.5. The lowest BCUT2D eigenvalue weighted by Crippen LogP contribution is -2.45. The number of nitrogens with one attached hydrogen (secondary N) is 1. The smallest absolute Gasteiger partial charge is 0.325 e. The molecule has 0 radical (unpaired) electrons. The van der Waals surface area contributed by atoms with Gasteiger partial charge in [-0.25, -0.2) is 4.79 Å². The second-order valence-electron chi connectivity index (χ2n) is 7.21. The molecule has 1 aliphatic heterocycles. The van der Waals surface area contributed by atoms with Crippen LogP contribution in [0.3, 0.4) is 0 Å². The van der Waals surface area contributed by atoms with Gasteiger partial charge in [-0.1, -0.05) is 36.7 Å². The molecule has 140 valence electrons. The normalized spacial score (nSPS) is 22.5. The van der Waals surface area contributed by atoms with Gasteiger partial charge < -0.3 is 10.2 Å². The highest BCUT2D eigenvalue weighted by Crippen LogP contribution is 2.33. The molecule has 0 aromatic heterocycles. The summed E-state index contributed by atoms with van der Waals surface area (Å²) in [4.78, 5) is 40.8. The van der Waals surface area contributed by atoms with E-state index in [9.17, 15) is 14.4 Å². The Hall–Kier alpha value is -2.08. The molecule has 0 unspecified atom stereocenters. The molecule has 1 saturated heterocycles. The van der Waals surface area contributed by atoms with Crippen molar-refractivity contribution in [2.45, 2.75) is 38.6 Å². The Bertz CT molecular complexity index is 734. The van der Waals surface area contributed by atoms with Crippen LogP contribution in [0.1, 0.15) is 38.7 Å². The van der Waals surface area contributed by atoms with E-state index >= 15 is 0 Å². The molecule has 3 rings (SSSR count). The summed E-state index contributed by atoms with van der Waals surface area (Å²) in [6.07, 6.45) is 3.12. The molecule has 1 N–H and O–H groups in total. The van der Waals surface area contributed by atoms with Crippen LogP contribution in [0, 0.1) is 5.92 Å². The molecule has 2 fully saturated rings. The van der Waals surface area contributed by atoms with Gasteiger partial charge in [0.1, 0.15) is 12.1 Å². The SMILES string of the molecule is CCCN(CC1CC1)C(=O)CN1C(=O)N[C@](C)(c2ccccc2Cl)C1=O. The maximum absolute atomic E-state index is 13.0. The molecule has 6 nitrogen and oxygen atoms in total. The van der Waals surface area contributed by atoms with Gasteiger partial charge in [-0.3, -0.25) is 14.5 Å². The van der Waals surface area contributed by atoms with Gasteiger partial charge in [-0.2, -0.15) is 0 Å². The molecule has 0 bridgehead atoms. The summed E-state index contributed by atoms with van der Waals surface area (Å²) in [7, 11) is 0. The number of nitrogens with zero attached hydrogens (tertiary/aromatic N) is 2. The van der Waals surface area contributed by atoms with Gasteiger partial charge in [-0.15, -0.1) is 0 Å². The van der Waals surface area contributed by atoms with Crippen LogP contribution in [0.5, 0.6) is 0 Å². The van der Waals surface area contributed by atoms with E-state index in [0.717, 1.165) is 24.2 Å². The molecular formula is C19H24ClN3O3. The number of halogens is 1. The van der Waals surface area contributed by atoms with Crippen molar-refractivity contribution in [2.75, 3.05) is 19.6 Å². The van der Waals surface area contributed by atoms with Crippen molar-refractivity contribution in [1.29, 1.82) is 0 Å². The van der Waals surface area contributed by atoms with Crippen LogP contribution in [0.25, 0.3) is 0 Å². The van der Waals surface area contributed by atoms with E-state index < -0.39 is 17.5 Å². The Kier molecular flexibility index (Phi) is 5.23. The van der Waals surface area contributed by atoms with Crippen LogP contribution in [-0.4, -0.2) is 47.3 Å². The number of carbonyl (C=O) groups excluding carboxylic acids is 3. The third-order valence-corrected chi connectivity index (χ3v) is 5.33. The fourth-order valence-corrected chi connectivity index (χ4v) is 3.65. The summed E-state index contributed by atoms with van der Waals surface area (Å²) in [6, 6.07) is 6.35. The van der Waals surface area contributed by atoms with E-state index in [0.29, 0.717) is 29.6 Å². The van der Waals surface area contributed by atoms with Gasteiger partial charge in [0.05, 0.1) is 0 Å². The predicted molar refractivity (Wildman–Crippen MR) is 98.6 cm³/mol. The number of amides is 4. The number of hydrogen-bond acceptors (Lipinski definition) is 3. The summed E-state index contributed by atoms with van der Waals surface area (Å²) < 4.78 is 0. The average Bonchev–Trinajstić information content (AvgIpc) is 3.39. The number of hydrogen-bond donors (Lipinski definition) is 1. The third kappa shape index (κ3) is 3.56. The second-order valence-corrected chi connectivity index (χ2v) is 7.62. The first-order valence-corrected chi connectivity index (χ1v) is 9.41. The zero-order chi connectivity index (χ0) is 18.9. The van der Waals surface area contributed by atoms with Crippen LogP contribution in [0.15, 0.2) is 24.3 Å². The minimum absolute atomic E-state index is 0.189. The minimum Gasteiger partial charge on any atom is -0.341 e. The van der Waals surface area contributed by atoms with E-state index in [1.807, 2.05) is 6.92 Å². The van der Waals surface area contributed by atoms with Crippen molar-refractivity contribution in [3.05, 3.63) is 34.9 Å². The lowest BCUT2D eigenvalue weighted by molar-refractivity contribution is -0.139. The molecule has 1 heterocycles. The summed E-state index contributed by atoms with van der Waals surface area (Å²) in [6.45, 7) is 4.73. The Morgan fingerprint density at radius 2 is 2.04 bits per heavy atom. The third-order valence-electron chi connectivity index (χ3n) is 5.00. The Labute approximate surface area is 158 Å². The zero-order valence-electron chi connectivity index (χ0n) is 15.1. The quantitative estimate of drug-likeness (QED) is 0.743. The molecule has 26 heavy (non-hydrogen) atoms. The highest BCUT2D eigenvalue weighted by molar-refractivity contribution is 6.32. The van der Waals surface area contributed by atoms with E-state index in [1.54, 1.807) is 36.1 Å². The van der Waals surface area contributed by atoms with Gasteiger partial charge in [-0.05, 0) is 38.2 Å². The van der Waals surface area contributed by atoms with E-state index in [2.05, 4.69) is 5.32 Å². The number of urea groups is 1. The van der Waals surface area contributed by atoms with Crippen LogP contribution < -0.4 is 5.32 Å². The molecule has 1 aromatic rings. The van der Waals surface area contributed by atoms with E-state index in [1.165, 1.54) is 0 Å². The largest absolute Gasteiger partial charge is 0.341 e. The van der Waals surface area contributed by atoms with Crippen LogP contribution >= 0.6 is 11.6 Å². The number of rotatable bonds is 7. The lowest BCUT2D eigenvalue weighted by Gasteiger charge is -2.25. The molecule has 1 atom stereocenters. The van der Waals surface area contributed by atoms with Crippen LogP contribution in [0.2, 0.25) is 5.02 Å². The molecule has 2 aliphatic rings. The standard InChI is InChI=1S/C19H24ClN3O3/c1-3-10-22(11-13-8-9-13)16(24)12-23-17(25)19(2,21-18(23)26)14-6-4-5-7-15(14)20/h4-7,13H,3,8-12H2,1-2H3,(H,21,26)/t19-/m1/s1. The maximum atomic E-state index is 13.0. The predicted octanol–water partition coefficient (Wildman–Crippen LogP) is 2.76. The average molecular weight is 378 g/mol. The summed E-state index contributed by atoms with van der Waals surface area (Å²) >= 11 is 6.22. The number of carbonyl (C=O) groups is 3. The van der Waals surface area contributed by atoms with Crippen molar-refractivity contribution in [1.82, 2.24) is 15.1 Å². The Morgan fingerprint density at radius 3 is 2.65 bits per heavy atom. The van der Waals surface area contributed by atoms with Crippen molar-refractivity contribution in [2.24, 2.45) is 5.92 Å². The van der Waals surface area contributed by atoms with Gasteiger partial charge in [0, 0.05) is 23.7 Å². The zero-order valence-corrected chi connectivity index (χ0v) is 15.9. The van der Waals surface area contributed by atoms with Crippen LogP contribution in [0.4, 0.5) is 4.79 Å². The van der Waals surface area contributed by atoms with E-state index in [4.69, 9.17) is 11.6 Å². The molecule has 0 spiro atoms. The minimum atomic E-state index is -1.26. The molecule has 1 saturated carbocycles. The van der Waals surface area contributed by atoms with Gasteiger partial charge in [0.25, 0.3) is 5.91 Å². The first-order valence-electron chi connectivity index (χ1n) is 9.03. The Morgan fingerprint density at radius 1 is 1.35 bits per heavy atom. The topological polar surface area (TPSA) is 69.7 Å². The van der Waals surface area contributed by atoms with Crippen molar-refractivity contribution in [3.8, 4) is 0 Å². The number of imide groups is 1. The molecular weight excluding hydrogens is 354 g/mol. The van der Waals surface area contributed by atoms with E-state index in [-0.39, 0.29) is 12.5 Å². The first-order chi connectivity index (χ1) is 12.4. The van der Waals surface area contributed by atoms with Crippen molar-refractivity contribution >= 4 is 29.4 Å². The van der Waals surface area contributed by atoms with Crippen LogP contribution in [-0.2, 0) is 15.1 Å². The summed E-state index contributed by atoms with van der Waals surface area (Å²) in [5.41, 5.74) is -0.736. The fraction of sp³-hybridized carbons (Fsp3) is 0.526. The monoisotopic (exact) mass is 377 g/mol. The molecule has 7 heteroatoms. The lowest BCUT2D eigenvalue weighted by atomic mass is 9.92. The summed E-state index contributed by atoms with van der Waals surface area (Å²) in [5.74, 6) is -0.0838. The molecule has 4 amide bonds. The molecule has 1 aliphatic carbocycles. The Balaban J connectivity index is 1.76. The summed E-state index contributed by atoms with van der Waals surface area (Å²) in [5, 5.41) is 3.10. The van der Waals surface area contributed by atoms with Crippen molar-refractivity contribution in [3.63, 3.8) is 0 Å². The first kappa shape index (κ1) is 18.7. The highest BCUT2D eigenvalue weighted by Gasteiger charge is 2.50. The van der Waals surface area contributed by atoms with Gasteiger partial charge in [0.15, 0.2) is 0 Å². The fourth-order valence-electron chi connectivity index (χ4n) is 3.32. The second kappa shape index (κ2) is 7.27. The van der Waals surface area contributed by atoms with Gasteiger partial charge in [0.2, 0.25) is 5.91 Å². The maximum Gasteiger partial charge on any atom is 0.325 e. The molecule has 1 aromatic carbocycles.